The fourth-order valence-electron chi connectivity index (χ4n) is 5.06. The van der Waals surface area contributed by atoms with Gasteiger partial charge in [-0.05, 0) is 63.0 Å². The van der Waals surface area contributed by atoms with Gasteiger partial charge in [-0.2, -0.15) is 0 Å². The van der Waals surface area contributed by atoms with Crippen LogP contribution in [0.1, 0.15) is 51.7 Å². The molecule has 0 aromatic heterocycles. The molecule has 0 unspecified atom stereocenters. The van der Waals surface area contributed by atoms with Gasteiger partial charge in [-0.25, -0.2) is 0 Å². The van der Waals surface area contributed by atoms with Gasteiger partial charge in [0.1, 0.15) is 11.4 Å². The molecule has 1 aliphatic heterocycles. The number of rotatable bonds is 3. The molecule has 0 saturated carbocycles. The molecule has 2 bridgehead atoms. The van der Waals surface area contributed by atoms with Crippen LogP contribution in [0, 0.1) is 0 Å². The minimum atomic E-state index is -0.609. The lowest BCUT2D eigenvalue weighted by Gasteiger charge is -2.61. The maximum absolute atomic E-state index is 11.9. The second-order valence-corrected chi connectivity index (χ2v) is 7.50. The summed E-state index contributed by atoms with van der Waals surface area (Å²) in [5.41, 5.74) is 1.52. The van der Waals surface area contributed by atoms with Crippen molar-refractivity contribution in [2.45, 2.75) is 64.0 Å². The molecular formula is C20H27NO4. The van der Waals surface area contributed by atoms with E-state index in [2.05, 4.69) is 31.9 Å². The molecule has 1 aliphatic carbocycles. The van der Waals surface area contributed by atoms with Crippen molar-refractivity contribution in [2.75, 3.05) is 13.6 Å². The summed E-state index contributed by atoms with van der Waals surface area (Å²) >= 11 is 0. The lowest BCUT2D eigenvalue weighted by Crippen LogP contribution is -2.70. The number of hydrogen-bond donors (Lipinski definition) is 0. The summed E-state index contributed by atoms with van der Waals surface area (Å²) in [7, 11) is 2.10. The van der Waals surface area contributed by atoms with Gasteiger partial charge in [-0.15, -0.1) is 0 Å². The van der Waals surface area contributed by atoms with Crippen molar-refractivity contribution in [3.8, 4) is 5.75 Å². The van der Waals surface area contributed by atoms with Gasteiger partial charge in [0, 0.05) is 19.3 Å². The Hall–Kier alpha value is -1.88. The maximum atomic E-state index is 11.9. The first kappa shape index (κ1) is 17.9. The molecule has 136 valence electrons. The van der Waals surface area contributed by atoms with Gasteiger partial charge in [-0.1, -0.05) is 13.0 Å². The van der Waals surface area contributed by atoms with Crippen molar-refractivity contribution < 1.29 is 19.1 Å². The van der Waals surface area contributed by atoms with E-state index >= 15 is 0 Å². The number of nitrogens with zero attached hydrogens (tertiary/aromatic N) is 1. The zero-order valence-electron chi connectivity index (χ0n) is 15.7. The molecule has 0 N–H and O–H groups in total. The topological polar surface area (TPSA) is 55.8 Å². The number of ether oxygens (including phenoxy) is 2. The number of fused-ring (bicyclic) bond motifs is 4. The van der Waals surface area contributed by atoms with E-state index in [-0.39, 0.29) is 23.4 Å². The number of carbonyl (C=O) groups is 2. The van der Waals surface area contributed by atoms with Crippen molar-refractivity contribution in [1.29, 1.82) is 0 Å². The van der Waals surface area contributed by atoms with Crippen molar-refractivity contribution in [3.63, 3.8) is 0 Å². The van der Waals surface area contributed by atoms with Crippen molar-refractivity contribution in [1.82, 2.24) is 4.90 Å². The van der Waals surface area contributed by atoms with E-state index in [1.807, 2.05) is 12.1 Å². The van der Waals surface area contributed by atoms with E-state index in [1.165, 1.54) is 19.4 Å². The first-order valence-electron chi connectivity index (χ1n) is 8.95. The molecule has 1 saturated heterocycles. The van der Waals surface area contributed by atoms with Gasteiger partial charge in [0.05, 0.1) is 6.04 Å². The monoisotopic (exact) mass is 345 g/mol. The Bertz CT molecular complexity index is 716. The number of likely N-dealkylation sites (tertiary alicyclic amines) is 1. The molecule has 2 aliphatic rings. The standard InChI is InChI=1S/C20H27NO4/c1-6-20-9-10-21(5)18(19(20,4)25-14(3)23)11-15-7-8-16(12-17(15)20)24-13(2)22/h7-8,12,18H,6,9-11H2,1-5H3/t18-,19+,20-/m0/s1. The number of carbonyl (C=O) groups excluding carboxylic acids is 2. The fraction of sp³-hybridized carbons (Fsp3) is 0.600. The number of likely N-dealkylation sites (N-methyl/N-ethyl adjacent to an activating group) is 1. The van der Waals surface area contributed by atoms with E-state index in [4.69, 9.17) is 9.47 Å². The Morgan fingerprint density at radius 2 is 2.00 bits per heavy atom. The van der Waals surface area contributed by atoms with Crippen LogP contribution in [0.3, 0.4) is 0 Å². The summed E-state index contributed by atoms with van der Waals surface area (Å²) in [6.45, 7) is 8.06. The smallest absolute Gasteiger partial charge is 0.308 e. The van der Waals surface area contributed by atoms with Gasteiger partial charge in [0.25, 0.3) is 0 Å². The van der Waals surface area contributed by atoms with Gasteiger partial charge >= 0.3 is 11.9 Å². The average Bonchev–Trinajstić information content (AvgIpc) is 2.51. The Morgan fingerprint density at radius 1 is 1.28 bits per heavy atom. The lowest BCUT2D eigenvalue weighted by molar-refractivity contribution is -0.188. The summed E-state index contributed by atoms with van der Waals surface area (Å²) in [6, 6.07) is 6.02. The highest BCUT2D eigenvalue weighted by molar-refractivity contribution is 5.70. The largest absolute Gasteiger partial charge is 0.457 e. The number of hydrogen-bond acceptors (Lipinski definition) is 5. The number of piperidine rings is 1. The summed E-state index contributed by atoms with van der Waals surface area (Å²) in [5.74, 6) is -0.0212. The van der Waals surface area contributed by atoms with Crippen LogP contribution in [0.2, 0.25) is 0 Å². The summed E-state index contributed by atoms with van der Waals surface area (Å²) < 4.78 is 11.3. The number of benzene rings is 1. The predicted molar refractivity (Wildman–Crippen MR) is 94.6 cm³/mol. The quantitative estimate of drug-likeness (QED) is 0.623. The Morgan fingerprint density at radius 3 is 2.60 bits per heavy atom. The molecule has 1 heterocycles. The maximum Gasteiger partial charge on any atom is 0.308 e. The first-order valence-corrected chi connectivity index (χ1v) is 8.95. The van der Waals surface area contributed by atoms with Crippen molar-refractivity contribution in [2.24, 2.45) is 0 Å². The molecule has 5 heteroatoms. The van der Waals surface area contributed by atoms with Crippen LogP contribution in [0.25, 0.3) is 0 Å². The molecule has 0 amide bonds. The summed E-state index contributed by atoms with van der Waals surface area (Å²) in [6.07, 6.45) is 2.58. The van der Waals surface area contributed by atoms with E-state index < -0.39 is 5.60 Å². The minimum absolute atomic E-state index is 0.136. The van der Waals surface area contributed by atoms with Gasteiger partial charge in [0.15, 0.2) is 0 Å². The first-order chi connectivity index (χ1) is 11.7. The van der Waals surface area contributed by atoms with E-state index in [0.29, 0.717) is 5.75 Å². The molecule has 0 spiro atoms. The second kappa shape index (κ2) is 6.13. The Kier molecular flexibility index (Phi) is 4.40. The summed E-state index contributed by atoms with van der Waals surface area (Å²) in [4.78, 5) is 25.6. The SMILES string of the molecule is CC[C@]12CCN(C)[C@@H](Cc3ccc(OC(C)=O)cc31)[C@@]2(C)OC(C)=O. The molecule has 0 radical (unpaired) electrons. The molecule has 5 nitrogen and oxygen atoms in total. The third kappa shape index (κ3) is 2.65. The average molecular weight is 345 g/mol. The van der Waals surface area contributed by atoms with Gasteiger partial charge in [0.2, 0.25) is 0 Å². The Labute approximate surface area is 149 Å². The fourth-order valence-corrected chi connectivity index (χ4v) is 5.06. The van der Waals surface area contributed by atoms with E-state index in [9.17, 15) is 9.59 Å². The van der Waals surface area contributed by atoms with Crippen LogP contribution in [0.15, 0.2) is 18.2 Å². The highest BCUT2D eigenvalue weighted by atomic mass is 16.6. The third-order valence-electron chi connectivity index (χ3n) is 6.24. The molecule has 3 atom stereocenters. The minimum Gasteiger partial charge on any atom is -0.457 e. The Balaban J connectivity index is 2.19. The van der Waals surface area contributed by atoms with Gasteiger partial charge in [-0.3, -0.25) is 14.5 Å². The van der Waals surface area contributed by atoms with Crippen LogP contribution in [0.4, 0.5) is 0 Å². The zero-order valence-corrected chi connectivity index (χ0v) is 15.7. The normalized spacial score (nSPS) is 31.2. The predicted octanol–water partition coefficient (Wildman–Crippen LogP) is 2.84. The molecule has 1 aromatic carbocycles. The number of esters is 2. The van der Waals surface area contributed by atoms with Crippen LogP contribution < -0.4 is 4.74 Å². The molecule has 25 heavy (non-hydrogen) atoms. The van der Waals surface area contributed by atoms with Crippen LogP contribution in [-0.4, -0.2) is 42.1 Å². The summed E-state index contributed by atoms with van der Waals surface area (Å²) in [5, 5.41) is 0. The lowest BCUT2D eigenvalue weighted by atomic mass is 9.54. The second-order valence-electron chi connectivity index (χ2n) is 7.50. The van der Waals surface area contributed by atoms with E-state index in [1.54, 1.807) is 0 Å². The molecular weight excluding hydrogens is 318 g/mol. The van der Waals surface area contributed by atoms with Gasteiger partial charge < -0.3 is 9.47 Å². The highest BCUT2D eigenvalue weighted by Gasteiger charge is 2.61. The van der Waals surface area contributed by atoms with Crippen LogP contribution in [-0.2, 0) is 26.2 Å². The molecule has 3 rings (SSSR count). The highest BCUT2D eigenvalue weighted by Crippen LogP contribution is 2.55. The van der Waals surface area contributed by atoms with Crippen molar-refractivity contribution in [3.05, 3.63) is 29.3 Å². The van der Waals surface area contributed by atoms with Crippen LogP contribution >= 0.6 is 0 Å². The zero-order chi connectivity index (χ0) is 18.4. The third-order valence-corrected chi connectivity index (χ3v) is 6.24. The molecule has 1 aromatic rings. The van der Waals surface area contributed by atoms with Crippen LogP contribution in [0.5, 0.6) is 5.75 Å². The molecule has 1 fully saturated rings. The van der Waals surface area contributed by atoms with Crippen molar-refractivity contribution >= 4 is 11.9 Å². The van der Waals surface area contributed by atoms with E-state index in [0.717, 1.165) is 31.4 Å².